The maximum absolute atomic E-state index is 13.5. The number of aromatic hydroxyl groups is 1. The molecule has 1 N–H and O–H groups in total. The van der Waals surface area contributed by atoms with Crippen LogP contribution in [0.15, 0.2) is 81.4 Å². The number of rotatable bonds is 2. The summed E-state index contributed by atoms with van der Waals surface area (Å²) in [5.41, 5.74) is 5.62. The van der Waals surface area contributed by atoms with Crippen LogP contribution >= 0.6 is 22.7 Å². The Morgan fingerprint density at radius 2 is 1.87 bits per heavy atom. The van der Waals surface area contributed by atoms with Crippen molar-refractivity contribution >= 4 is 34.4 Å². The summed E-state index contributed by atoms with van der Waals surface area (Å²) in [5, 5.41) is 11.6. The lowest BCUT2D eigenvalue weighted by molar-refractivity contribution is 0.475. The van der Waals surface area contributed by atoms with Crippen LogP contribution in [-0.4, -0.2) is 9.67 Å². The van der Waals surface area contributed by atoms with Gasteiger partial charge in [0, 0.05) is 10.4 Å². The van der Waals surface area contributed by atoms with Crippen LogP contribution < -0.4 is 14.9 Å². The number of aryl methyl sites for hydroxylation is 1. The highest BCUT2D eigenvalue weighted by Gasteiger charge is 2.32. The van der Waals surface area contributed by atoms with Crippen molar-refractivity contribution in [1.82, 2.24) is 4.57 Å². The lowest BCUT2D eigenvalue weighted by Crippen LogP contribution is -2.38. The topological polar surface area (TPSA) is 54.6 Å². The Morgan fingerprint density at radius 3 is 2.68 bits per heavy atom. The average Bonchev–Trinajstić information content (AvgIpc) is 3.43. The maximum atomic E-state index is 13.5. The van der Waals surface area contributed by atoms with E-state index in [1.165, 1.54) is 32.9 Å². The molecule has 4 nitrogen and oxygen atoms in total. The molecule has 0 bridgehead atoms. The largest absolute Gasteiger partial charge is 0.508 e. The van der Waals surface area contributed by atoms with Crippen LogP contribution in [0.5, 0.6) is 5.75 Å². The Balaban J connectivity index is 1.62. The molecular weight excluding hydrogens is 424 g/mol. The van der Waals surface area contributed by atoms with Gasteiger partial charge in [-0.05, 0) is 59.2 Å². The molecule has 0 radical (unpaired) electrons. The number of phenols is 1. The van der Waals surface area contributed by atoms with E-state index in [2.05, 4.69) is 35.7 Å². The highest BCUT2D eigenvalue weighted by Crippen LogP contribution is 2.42. The number of thiophene rings is 1. The molecule has 2 aliphatic rings. The molecule has 2 aromatic carbocycles. The second-order valence-electron chi connectivity index (χ2n) is 7.72. The van der Waals surface area contributed by atoms with E-state index in [4.69, 9.17) is 4.99 Å². The number of nitrogens with zero attached hydrogens (tertiary/aromatic N) is 2. The summed E-state index contributed by atoms with van der Waals surface area (Å²) in [7, 11) is 0. The SMILES string of the molecule is O=c1c(=Cc2ccc(O)cc2)sc2n1[C@@H](c1cccs1)C1=C(N=2)c2ccccc2CC1. The Morgan fingerprint density at radius 1 is 1.03 bits per heavy atom. The van der Waals surface area contributed by atoms with Crippen molar-refractivity contribution in [1.29, 1.82) is 0 Å². The van der Waals surface area contributed by atoms with Gasteiger partial charge in [0.1, 0.15) is 5.75 Å². The number of benzene rings is 2. The molecule has 1 aliphatic heterocycles. The number of allylic oxidation sites excluding steroid dienone is 1. The normalized spacial score (nSPS) is 17.7. The molecule has 1 atom stereocenters. The average molecular weight is 443 g/mol. The van der Waals surface area contributed by atoms with E-state index in [0.717, 1.165) is 28.9 Å². The standard InChI is InChI=1S/C25H18N2O2S2/c28-17-10-7-15(8-11-17)14-21-24(29)27-23(20-6-3-13-30-20)19-12-9-16-4-1-2-5-18(16)22(19)26-25(27)31-21/h1-8,10-11,13-14,23,28H,9,12H2/t23-/m1/s1. The van der Waals surface area contributed by atoms with Gasteiger partial charge in [-0.2, -0.15) is 0 Å². The smallest absolute Gasteiger partial charge is 0.271 e. The van der Waals surface area contributed by atoms with E-state index in [1.807, 2.05) is 28.8 Å². The van der Waals surface area contributed by atoms with Gasteiger partial charge < -0.3 is 5.11 Å². The minimum absolute atomic E-state index is 0.0133. The molecule has 6 rings (SSSR count). The molecule has 0 unspecified atom stereocenters. The molecule has 0 fully saturated rings. The molecule has 1 aliphatic carbocycles. The predicted octanol–water partition coefficient (Wildman–Crippen LogP) is 4.09. The third-order valence-corrected chi connectivity index (χ3v) is 7.78. The van der Waals surface area contributed by atoms with Crippen LogP contribution in [0.25, 0.3) is 11.8 Å². The van der Waals surface area contributed by atoms with Gasteiger partial charge >= 0.3 is 0 Å². The van der Waals surface area contributed by atoms with Gasteiger partial charge in [-0.1, -0.05) is 53.8 Å². The monoisotopic (exact) mass is 442 g/mol. The fourth-order valence-electron chi connectivity index (χ4n) is 4.44. The second kappa shape index (κ2) is 7.18. The minimum atomic E-state index is -0.110. The minimum Gasteiger partial charge on any atom is -0.508 e. The van der Waals surface area contributed by atoms with Crippen molar-refractivity contribution in [3.05, 3.63) is 113 Å². The summed E-state index contributed by atoms with van der Waals surface area (Å²) >= 11 is 3.11. The molecule has 2 aromatic heterocycles. The van der Waals surface area contributed by atoms with Gasteiger partial charge in [-0.15, -0.1) is 11.3 Å². The van der Waals surface area contributed by atoms with Crippen molar-refractivity contribution < 1.29 is 5.11 Å². The van der Waals surface area contributed by atoms with E-state index in [9.17, 15) is 9.90 Å². The van der Waals surface area contributed by atoms with Gasteiger partial charge in [0.25, 0.3) is 5.56 Å². The summed E-state index contributed by atoms with van der Waals surface area (Å²) < 4.78 is 2.52. The third kappa shape index (κ3) is 3.02. The Bertz CT molecular complexity index is 1510. The first-order chi connectivity index (χ1) is 15.2. The van der Waals surface area contributed by atoms with E-state index < -0.39 is 0 Å². The molecule has 6 heteroatoms. The van der Waals surface area contributed by atoms with Crippen LogP contribution in [0.4, 0.5) is 0 Å². The van der Waals surface area contributed by atoms with E-state index >= 15 is 0 Å². The zero-order valence-electron chi connectivity index (χ0n) is 16.5. The number of aromatic nitrogens is 1. The Labute approximate surface area is 186 Å². The van der Waals surface area contributed by atoms with Crippen LogP contribution in [0, 0.1) is 0 Å². The summed E-state index contributed by atoms with van der Waals surface area (Å²) in [6.07, 6.45) is 3.75. The van der Waals surface area contributed by atoms with E-state index in [1.54, 1.807) is 23.5 Å². The van der Waals surface area contributed by atoms with Crippen LogP contribution in [0.1, 0.15) is 34.0 Å². The Hall–Kier alpha value is -3.22. The highest BCUT2D eigenvalue weighted by atomic mass is 32.1. The van der Waals surface area contributed by atoms with Gasteiger partial charge in [-0.3, -0.25) is 9.36 Å². The lowest BCUT2D eigenvalue weighted by atomic mass is 9.85. The van der Waals surface area contributed by atoms with Crippen LogP contribution in [-0.2, 0) is 6.42 Å². The third-order valence-electron chi connectivity index (χ3n) is 5.88. The molecule has 0 amide bonds. The zero-order chi connectivity index (χ0) is 20.9. The lowest BCUT2D eigenvalue weighted by Gasteiger charge is -2.30. The number of thiazole rings is 1. The van der Waals surface area contributed by atoms with E-state index in [0.29, 0.717) is 4.53 Å². The maximum Gasteiger partial charge on any atom is 0.271 e. The van der Waals surface area contributed by atoms with Crippen LogP contribution in [0.2, 0.25) is 0 Å². The number of phenolic OH excluding ortho intramolecular Hbond substituents is 1. The second-order valence-corrected chi connectivity index (χ2v) is 9.71. The number of hydrogen-bond donors (Lipinski definition) is 1. The van der Waals surface area contributed by atoms with Crippen molar-refractivity contribution in [2.45, 2.75) is 18.9 Å². The molecule has 152 valence electrons. The van der Waals surface area contributed by atoms with Crippen LogP contribution in [0.3, 0.4) is 0 Å². The molecule has 0 saturated carbocycles. The number of fused-ring (bicyclic) bond motifs is 3. The molecule has 0 saturated heterocycles. The van der Waals surface area contributed by atoms with Gasteiger partial charge in [0.15, 0.2) is 4.80 Å². The van der Waals surface area contributed by atoms with Crippen molar-refractivity contribution in [2.24, 2.45) is 4.99 Å². The first-order valence-corrected chi connectivity index (χ1v) is 11.8. The fraction of sp³-hybridized carbons (Fsp3) is 0.120. The van der Waals surface area contributed by atoms with Gasteiger partial charge in [0.05, 0.1) is 16.3 Å². The molecule has 31 heavy (non-hydrogen) atoms. The summed E-state index contributed by atoms with van der Waals surface area (Å²) in [5.74, 6) is 0.211. The zero-order valence-corrected chi connectivity index (χ0v) is 18.1. The predicted molar refractivity (Wildman–Crippen MR) is 125 cm³/mol. The van der Waals surface area contributed by atoms with Gasteiger partial charge in [-0.25, -0.2) is 4.99 Å². The quantitative estimate of drug-likeness (QED) is 0.509. The first kappa shape index (κ1) is 18.5. The highest BCUT2D eigenvalue weighted by molar-refractivity contribution is 7.10. The van der Waals surface area contributed by atoms with Crippen molar-refractivity contribution in [2.75, 3.05) is 0 Å². The van der Waals surface area contributed by atoms with Gasteiger partial charge in [0.2, 0.25) is 0 Å². The van der Waals surface area contributed by atoms with E-state index in [-0.39, 0.29) is 17.4 Å². The molecular formula is C25H18N2O2S2. The van der Waals surface area contributed by atoms with Crippen molar-refractivity contribution in [3.8, 4) is 5.75 Å². The molecule has 0 spiro atoms. The summed E-state index contributed by atoms with van der Waals surface area (Å²) in [4.78, 5) is 20.4. The fourth-order valence-corrected chi connectivity index (χ4v) is 6.29. The Kier molecular flexibility index (Phi) is 4.30. The summed E-state index contributed by atoms with van der Waals surface area (Å²) in [6.45, 7) is 0. The number of hydrogen-bond acceptors (Lipinski definition) is 5. The first-order valence-electron chi connectivity index (χ1n) is 10.1. The molecule has 3 heterocycles. The van der Waals surface area contributed by atoms with Crippen molar-refractivity contribution in [3.63, 3.8) is 0 Å². The summed E-state index contributed by atoms with van der Waals surface area (Å²) in [6, 6.07) is 19.4. The molecule has 4 aromatic rings.